The molecular formula is C17H19ClF2O. The van der Waals surface area contributed by atoms with Crippen molar-refractivity contribution in [3.63, 3.8) is 0 Å². The second-order valence-corrected chi connectivity index (χ2v) is 6.92. The van der Waals surface area contributed by atoms with Crippen LogP contribution in [0.1, 0.15) is 50.0 Å². The summed E-state index contributed by atoms with van der Waals surface area (Å²) in [4.78, 5) is 10.9. The molecule has 0 aliphatic heterocycles. The summed E-state index contributed by atoms with van der Waals surface area (Å²) in [5.41, 5.74) is 0.727. The van der Waals surface area contributed by atoms with Crippen LogP contribution in [0.3, 0.4) is 0 Å². The molecule has 1 aromatic carbocycles. The highest BCUT2D eigenvalue weighted by molar-refractivity contribution is 6.30. The van der Waals surface area contributed by atoms with E-state index in [-0.39, 0.29) is 11.8 Å². The number of hydrogen-bond acceptors (Lipinski definition) is 1. The Labute approximate surface area is 128 Å². The van der Waals surface area contributed by atoms with E-state index in [9.17, 15) is 13.6 Å². The highest BCUT2D eigenvalue weighted by atomic mass is 35.5. The summed E-state index contributed by atoms with van der Waals surface area (Å²) in [6.45, 7) is 0. The average Bonchev–Trinajstić information content (AvgIpc) is 2.51. The minimum atomic E-state index is -0.668. The van der Waals surface area contributed by atoms with Gasteiger partial charge in [-0.15, -0.1) is 0 Å². The number of benzene rings is 1. The van der Waals surface area contributed by atoms with E-state index in [4.69, 9.17) is 11.6 Å². The van der Waals surface area contributed by atoms with E-state index in [1.165, 1.54) is 12.1 Å². The second kappa shape index (κ2) is 6.04. The molecule has 114 valence electrons. The molecule has 0 heterocycles. The van der Waals surface area contributed by atoms with Crippen molar-refractivity contribution in [1.82, 2.24) is 0 Å². The Morgan fingerprint density at radius 2 is 1.62 bits per heavy atom. The third-order valence-electron chi connectivity index (χ3n) is 5.32. The normalized spacial score (nSPS) is 32.5. The molecule has 2 aliphatic rings. The molecule has 0 radical (unpaired) electrons. The highest BCUT2D eigenvalue weighted by Gasteiger charge is 2.36. The molecule has 0 N–H and O–H groups in total. The third-order valence-corrected chi connectivity index (χ3v) is 5.68. The Morgan fingerprint density at radius 1 is 1.00 bits per heavy atom. The lowest BCUT2D eigenvalue weighted by Crippen LogP contribution is -2.31. The minimum absolute atomic E-state index is 0.209. The fourth-order valence-electron chi connectivity index (χ4n) is 4.16. The zero-order valence-corrected chi connectivity index (χ0v) is 12.6. The number of hydrogen-bond donors (Lipinski definition) is 0. The SMILES string of the molecule is O=CC1CCC2CC(c3cc(F)c(Cl)c(F)c3)CCC2C1. The summed E-state index contributed by atoms with van der Waals surface area (Å²) in [5, 5.41) is -0.418. The lowest BCUT2D eigenvalue weighted by molar-refractivity contribution is -0.113. The summed E-state index contributed by atoms with van der Waals surface area (Å²) in [5.74, 6) is 0.277. The quantitative estimate of drug-likeness (QED) is 0.547. The van der Waals surface area contributed by atoms with Crippen LogP contribution in [0.4, 0.5) is 8.78 Å². The van der Waals surface area contributed by atoms with Gasteiger partial charge >= 0.3 is 0 Å². The van der Waals surface area contributed by atoms with Gasteiger partial charge in [0.25, 0.3) is 0 Å². The van der Waals surface area contributed by atoms with Crippen LogP contribution >= 0.6 is 11.6 Å². The van der Waals surface area contributed by atoms with Gasteiger partial charge in [-0.25, -0.2) is 8.78 Å². The number of fused-ring (bicyclic) bond motifs is 1. The van der Waals surface area contributed by atoms with E-state index in [0.29, 0.717) is 11.8 Å². The van der Waals surface area contributed by atoms with Gasteiger partial charge in [-0.2, -0.15) is 0 Å². The van der Waals surface area contributed by atoms with Crippen molar-refractivity contribution in [2.75, 3.05) is 0 Å². The van der Waals surface area contributed by atoms with E-state index in [1.54, 1.807) is 0 Å². The predicted octanol–water partition coefficient (Wildman–Crippen LogP) is 5.12. The third kappa shape index (κ3) is 2.98. The van der Waals surface area contributed by atoms with Gasteiger partial charge in [-0.1, -0.05) is 11.6 Å². The number of carbonyl (C=O) groups excluding carboxylic acids is 1. The van der Waals surface area contributed by atoms with Crippen LogP contribution < -0.4 is 0 Å². The molecule has 2 fully saturated rings. The Hall–Kier alpha value is -0.960. The maximum atomic E-state index is 13.6. The Kier molecular flexibility index (Phi) is 4.30. The van der Waals surface area contributed by atoms with Gasteiger partial charge < -0.3 is 4.79 Å². The number of rotatable bonds is 2. The highest BCUT2D eigenvalue weighted by Crippen LogP contribution is 2.47. The lowest BCUT2D eigenvalue weighted by Gasteiger charge is -2.41. The Balaban J connectivity index is 1.74. The van der Waals surface area contributed by atoms with Gasteiger partial charge in [0.05, 0.1) is 0 Å². The molecule has 2 aliphatic carbocycles. The van der Waals surface area contributed by atoms with Crippen LogP contribution in [0.2, 0.25) is 5.02 Å². The van der Waals surface area contributed by atoms with Crippen molar-refractivity contribution < 1.29 is 13.6 Å². The molecule has 0 spiro atoms. The largest absolute Gasteiger partial charge is 0.303 e. The van der Waals surface area contributed by atoms with E-state index in [0.717, 1.165) is 50.4 Å². The van der Waals surface area contributed by atoms with Crippen molar-refractivity contribution in [3.8, 4) is 0 Å². The van der Waals surface area contributed by atoms with E-state index in [2.05, 4.69) is 0 Å². The first kappa shape index (κ1) is 15.0. The summed E-state index contributed by atoms with van der Waals surface area (Å²) in [6, 6.07) is 2.76. The van der Waals surface area contributed by atoms with Crippen molar-refractivity contribution >= 4 is 17.9 Å². The molecule has 4 unspecified atom stereocenters. The van der Waals surface area contributed by atoms with Crippen LogP contribution in [0, 0.1) is 29.4 Å². The first-order chi connectivity index (χ1) is 10.1. The van der Waals surface area contributed by atoms with Crippen LogP contribution in [0.15, 0.2) is 12.1 Å². The molecule has 4 heteroatoms. The van der Waals surface area contributed by atoms with Crippen LogP contribution in [-0.2, 0) is 4.79 Å². The number of halogens is 3. The molecule has 0 saturated heterocycles. The Morgan fingerprint density at radius 3 is 2.29 bits per heavy atom. The molecular weight excluding hydrogens is 294 g/mol. The van der Waals surface area contributed by atoms with Gasteiger partial charge in [0, 0.05) is 5.92 Å². The second-order valence-electron chi connectivity index (χ2n) is 6.54. The van der Waals surface area contributed by atoms with Crippen molar-refractivity contribution in [3.05, 3.63) is 34.4 Å². The molecule has 0 amide bonds. The van der Waals surface area contributed by atoms with Gasteiger partial charge in [-0.05, 0) is 74.0 Å². The lowest BCUT2D eigenvalue weighted by atomic mass is 9.64. The molecule has 21 heavy (non-hydrogen) atoms. The molecule has 3 rings (SSSR count). The van der Waals surface area contributed by atoms with Gasteiger partial charge in [0.1, 0.15) is 22.9 Å². The van der Waals surface area contributed by atoms with Crippen LogP contribution in [0.25, 0.3) is 0 Å². The van der Waals surface area contributed by atoms with E-state index >= 15 is 0 Å². The zero-order chi connectivity index (χ0) is 15.0. The summed E-state index contributed by atoms with van der Waals surface area (Å²) < 4.78 is 27.2. The molecule has 1 aromatic rings. The van der Waals surface area contributed by atoms with Gasteiger partial charge in [0.15, 0.2) is 0 Å². The maximum Gasteiger partial charge on any atom is 0.145 e. The topological polar surface area (TPSA) is 17.1 Å². The van der Waals surface area contributed by atoms with Crippen molar-refractivity contribution in [2.45, 2.75) is 44.4 Å². The van der Waals surface area contributed by atoms with Gasteiger partial charge in [-0.3, -0.25) is 0 Å². The summed E-state index contributed by atoms with van der Waals surface area (Å²) in [6.07, 6.45) is 7.05. The fourth-order valence-corrected chi connectivity index (χ4v) is 4.27. The van der Waals surface area contributed by atoms with E-state index < -0.39 is 16.7 Å². The van der Waals surface area contributed by atoms with Gasteiger partial charge in [0.2, 0.25) is 0 Å². The molecule has 2 saturated carbocycles. The standard InChI is InChI=1S/C17H19ClF2O/c18-17-15(19)7-14(8-16(17)20)13-4-3-11-5-10(9-21)1-2-12(11)6-13/h7-13H,1-6H2. The molecule has 1 nitrogen and oxygen atoms in total. The minimum Gasteiger partial charge on any atom is -0.303 e. The average molecular weight is 313 g/mol. The van der Waals surface area contributed by atoms with Crippen molar-refractivity contribution in [1.29, 1.82) is 0 Å². The smallest absolute Gasteiger partial charge is 0.145 e. The molecule has 0 aromatic heterocycles. The van der Waals surface area contributed by atoms with E-state index in [1.807, 2.05) is 0 Å². The number of carbonyl (C=O) groups is 1. The summed E-state index contributed by atoms with van der Waals surface area (Å²) >= 11 is 5.55. The monoisotopic (exact) mass is 312 g/mol. The first-order valence-electron chi connectivity index (χ1n) is 7.68. The fraction of sp³-hybridized carbons (Fsp3) is 0.588. The predicted molar refractivity (Wildman–Crippen MR) is 78.3 cm³/mol. The first-order valence-corrected chi connectivity index (χ1v) is 8.06. The maximum absolute atomic E-state index is 13.6. The molecule has 0 bridgehead atoms. The summed E-state index contributed by atoms with van der Waals surface area (Å²) in [7, 11) is 0. The number of aldehydes is 1. The molecule has 4 atom stereocenters. The van der Waals surface area contributed by atoms with Crippen LogP contribution in [0.5, 0.6) is 0 Å². The zero-order valence-electron chi connectivity index (χ0n) is 11.8. The Bertz CT molecular complexity index is 523. The van der Waals surface area contributed by atoms with Crippen molar-refractivity contribution in [2.24, 2.45) is 17.8 Å². The van der Waals surface area contributed by atoms with Crippen LogP contribution in [-0.4, -0.2) is 6.29 Å².